The third-order valence-electron chi connectivity index (χ3n) is 6.13. The Morgan fingerprint density at radius 2 is 1.33 bits per heavy atom. The second kappa shape index (κ2) is 10.4. The molecule has 0 atom stereocenters. The largest absolute Gasteiger partial charge is 0.493 e. The van der Waals surface area contributed by atoms with Gasteiger partial charge in [-0.1, -0.05) is 6.07 Å². The van der Waals surface area contributed by atoms with Gasteiger partial charge in [-0.25, -0.2) is 9.59 Å². The number of alkyl halides is 1. The molecule has 3 rings (SSSR count). The molecule has 0 amide bonds. The molecule has 0 aliphatic carbocycles. The Bertz CT molecular complexity index is 1470. The molecular weight excluding hydrogens is 492 g/mol. The quantitative estimate of drug-likeness (QED) is 0.306. The van der Waals surface area contributed by atoms with Gasteiger partial charge in [-0.15, -0.1) is 11.6 Å². The van der Waals surface area contributed by atoms with Crippen molar-refractivity contribution >= 4 is 23.2 Å². The van der Waals surface area contributed by atoms with E-state index in [9.17, 15) is 19.2 Å². The maximum Gasteiger partial charge on any atom is 0.332 e. The smallest absolute Gasteiger partial charge is 0.332 e. The van der Waals surface area contributed by atoms with E-state index in [1.807, 2.05) is 0 Å². The second-order valence-electron chi connectivity index (χ2n) is 8.24. The third-order valence-corrected chi connectivity index (χ3v) is 6.39. The van der Waals surface area contributed by atoms with E-state index in [-0.39, 0.29) is 22.8 Å². The molecule has 3 aromatic rings. The molecule has 0 spiro atoms. The molecule has 0 aliphatic rings. The van der Waals surface area contributed by atoms with E-state index in [2.05, 4.69) is 0 Å². The topological polar surface area (TPSA) is 158 Å². The first-order chi connectivity index (χ1) is 17.0. The summed E-state index contributed by atoms with van der Waals surface area (Å²) in [7, 11) is 6.88. The molecule has 0 unspecified atom stereocenters. The highest BCUT2D eigenvalue weighted by Gasteiger charge is 2.32. The van der Waals surface area contributed by atoms with Crippen LogP contribution in [0.4, 0.5) is 11.6 Å². The number of hydrogen-bond donors (Lipinski definition) is 2. The summed E-state index contributed by atoms with van der Waals surface area (Å²) >= 11 is 5.73. The van der Waals surface area contributed by atoms with E-state index in [1.165, 1.54) is 35.3 Å². The lowest BCUT2D eigenvalue weighted by Crippen LogP contribution is -2.44. The number of nitrogens with zero attached hydrogens (tertiary/aromatic N) is 4. The van der Waals surface area contributed by atoms with Crippen molar-refractivity contribution in [2.45, 2.75) is 12.3 Å². The van der Waals surface area contributed by atoms with Crippen molar-refractivity contribution in [2.24, 2.45) is 28.2 Å². The number of rotatable bonds is 8. The highest BCUT2D eigenvalue weighted by Crippen LogP contribution is 2.38. The molecule has 194 valence electrons. The summed E-state index contributed by atoms with van der Waals surface area (Å²) in [4.78, 5) is 51.7. The van der Waals surface area contributed by atoms with Crippen LogP contribution in [0.1, 0.15) is 29.0 Å². The van der Waals surface area contributed by atoms with Gasteiger partial charge >= 0.3 is 11.4 Å². The van der Waals surface area contributed by atoms with Crippen molar-refractivity contribution in [1.82, 2.24) is 18.3 Å². The van der Waals surface area contributed by atoms with Crippen molar-refractivity contribution in [1.29, 1.82) is 0 Å². The van der Waals surface area contributed by atoms with Gasteiger partial charge in [-0.05, 0) is 24.1 Å². The molecule has 0 saturated carbocycles. The van der Waals surface area contributed by atoms with Crippen LogP contribution in [0.5, 0.6) is 11.5 Å². The summed E-state index contributed by atoms with van der Waals surface area (Å²) in [6.45, 7) is 0.352. The summed E-state index contributed by atoms with van der Waals surface area (Å²) in [5.74, 6) is -0.269. The molecule has 0 saturated heterocycles. The normalized spacial score (nSPS) is 11.2. The van der Waals surface area contributed by atoms with Crippen LogP contribution in [0, 0.1) is 0 Å². The molecule has 0 fully saturated rings. The van der Waals surface area contributed by atoms with Crippen molar-refractivity contribution in [3.63, 3.8) is 0 Å². The van der Waals surface area contributed by atoms with Crippen LogP contribution in [-0.2, 0) is 28.2 Å². The molecule has 13 heteroatoms. The van der Waals surface area contributed by atoms with Crippen LogP contribution in [0.2, 0.25) is 0 Å². The number of methoxy groups -OCH3 is 1. The number of nitrogens with two attached hydrogens (primary N) is 2. The Balaban J connectivity index is 2.45. The van der Waals surface area contributed by atoms with E-state index < -0.39 is 28.4 Å². The van der Waals surface area contributed by atoms with Gasteiger partial charge in [-0.3, -0.25) is 27.9 Å². The number of halogens is 1. The summed E-state index contributed by atoms with van der Waals surface area (Å²) in [5.41, 5.74) is 10.2. The highest BCUT2D eigenvalue weighted by atomic mass is 35.5. The van der Waals surface area contributed by atoms with Gasteiger partial charge in [0.05, 0.1) is 30.8 Å². The van der Waals surface area contributed by atoms with Gasteiger partial charge in [0.1, 0.15) is 11.6 Å². The predicted octanol–water partition coefficient (Wildman–Crippen LogP) is -0.158. The van der Waals surface area contributed by atoms with Gasteiger partial charge in [-0.2, -0.15) is 0 Å². The minimum absolute atomic E-state index is 0.0556. The number of anilines is 2. The number of benzene rings is 1. The second-order valence-corrected chi connectivity index (χ2v) is 8.62. The molecule has 12 nitrogen and oxygen atoms in total. The van der Waals surface area contributed by atoms with Crippen molar-refractivity contribution in [2.75, 3.05) is 31.1 Å². The Morgan fingerprint density at radius 1 is 0.833 bits per heavy atom. The first-order valence-corrected chi connectivity index (χ1v) is 11.5. The Labute approximate surface area is 210 Å². The van der Waals surface area contributed by atoms with E-state index in [0.717, 1.165) is 18.3 Å². The van der Waals surface area contributed by atoms with Crippen LogP contribution in [0.3, 0.4) is 0 Å². The molecular formula is C23H29ClN6O6. The summed E-state index contributed by atoms with van der Waals surface area (Å²) < 4.78 is 15.2. The van der Waals surface area contributed by atoms with E-state index >= 15 is 0 Å². The monoisotopic (exact) mass is 520 g/mol. The van der Waals surface area contributed by atoms with Gasteiger partial charge in [0, 0.05) is 34.1 Å². The van der Waals surface area contributed by atoms with Gasteiger partial charge < -0.3 is 20.9 Å². The summed E-state index contributed by atoms with van der Waals surface area (Å²) in [6.07, 6.45) is 0.615. The lowest BCUT2D eigenvalue weighted by atomic mass is 9.86. The molecule has 2 heterocycles. The van der Waals surface area contributed by atoms with Crippen LogP contribution < -0.4 is 43.4 Å². The van der Waals surface area contributed by atoms with Crippen LogP contribution in [0.15, 0.2) is 37.4 Å². The number of aromatic nitrogens is 4. The molecule has 4 N–H and O–H groups in total. The SMILES string of the molecule is COc1cc(C(c2c(N)n(C)c(=O)n(C)c2=O)c2c(N)n(C)c(=O)n(C)c2=O)ccc1OCCCCl. The third kappa shape index (κ3) is 4.39. The highest BCUT2D eigenvalue weighted by molar-refractivity contribution is 6.17. The first-order valence-electron chi connectivity index (χ1n) is 10.9. The van der Waals surface area contributed by atoms with Gasteiger partial charge in [0.15, 0.2) is 11.5 Å². The Hall–Kier alpha value is -3.93. The zero-order valence-corrected chi connectivity index (χ0v) is 21.5. The average molecular weight is 521 g/mol. The maximum absolute atomic E-state index is 13.4. The van der Waals surface area contributed by atoms with E-state index in [0.29, 0.717) is 36.0 Å². The average Bonchev–Trinajstić information content (AvgIpc) is 2.88. The van der Waals surface area contributed by atoms with Crippen molar-refractivity contribution < 1.29 is 9.47 Å². The first kappa shape index (κ1) is 26.7. The lowest BCUT2D eigenvalue weighted by molar-refractivity contribution is 0.295. The number of ether oxygens (including phenoxy) is 2. The molecule has 0 bridgehead atoms. The Kier molecular flexibility index (Phi) is 7.68. The predicted molar refractivity (Wildman–Crippen MR) is 137 cm³/mol. The molecule has 36 heavy (non-hydrogen) atoms. The lowest BCUT2D eigenvalue weighted by Gasteiger charge is -2.24. The Morgan fingerprint density at radius 3 is 1.78 bits per heavy atom. The fourth-order valence-electron chi connectivity index (χ4n) is 4.01. The number of hydrogen-bond acceptors (Lipinski definition) is 8. The standard InChI is InChI=1S/C23H29ClN6O6/c1-27-18(25)16(20(31)29(3)22(27)33)15(17-19(26)28(2)23(34)30(4)21(17)32)12-7-8-13(14(11-12)35-5)36-10-6-9-24/h7-8,11,15H,6,9-10,25-26H2,1-5H3. The van der Waals surface area contributed by atoms with Crippen LogP contribution in [0.25, 0.3) is 0 Å². The molecule has 0 radical (unpaired) electrons. The minimum Gasteiger partial charge on any atom is -0.493 e. The zero-order chi connectivity index (χ0) is 26.9. The van der Waals surface area contributed by atoms with Crippen molar-refractivity contribution in [3.05, 3.63) is 76.6 Å². The molecule has 2 aromatic heterocycles. The van der Waals surface area contributed by atoms with Crippen LogP contribution >= 0.6 is 11.6 Å². The summed E-state index contributed by atoms with van der Waals surface area (Å²) in [5, 5.41) is 0. The van der Waals surface area contributed by atoms with Crippen molar-refractivity contribution in [3.8, 4) is 11.5 Å². The van der Waals surface area contributed by atoms with Gasteiger partial charge in [0.2, 0.25) is 0 Å². The fraction of sp³-hybridized carbons (Fsp3) is 0.391. The summed E-state index contributed by atoms with van der Waals surface area (Å²) in [6, 6.07) is 4.85. The zero-order valence-electron chi connectivity index (χ0n) is 20.7. The fourth-order valence-corrected chi connectivity index (χ4v) is 4.12. The molecule has 0 aliphatic heterocycles. The van der Waals surface area contributed by atoms with E-state index in [4.69, 9.17) is 32.5 Å². The minimum atomic E-state index is -1.15. The van der Waals surface area contributed by atoms with Gasteiger partial charge in [0.25, 0.3) is 11.1 Å². The van der Waals surface area contributed by atoms with Crippen LogP contribution in [-0.4, -0.2) is 37.9 Å². The molecule has 1 aromatic carbocycles. The van der Waals surface area contributed by atoms with E-state index in [1.54, 1.807) is 18.2 Å². The maximum atomic E-state index is 13.4. The number of nitrogen functional groups attached to an aromatic ring is 2.